The molecule has 1 aromatic carbocycles. The Labute approximate surface area is 172 Å². The van der Waals surface area contributed by atoms with Crippen LogP contribution in [0.25, 0.3) is 0 Å². The predicted molar refractivity (Wildman–Crippen MR) is 117 cm³/mol. The third-order valence-corrected chi connectivity index (χ3v) is 5.12. The highest BCUT2D eigenvalue weighted by molar-refractivity contribution is 5.34. The van der Waals surface area contributed by atoms with E-state index in [1.165, 1.54) is 69.8 Å². The van der Waals surface area contributed by atoms with Crippen molar-refractivity contribution in [2.45, 2.75) is 90.1 Å². The topological polar surface area (TPSA) is 71.6 Å². The van der Waals surface area contributed by atoms with Gasteiger partial charge in [-0.15, -0.1) is 0 Å². The lowest BCUT2D eigenvalue weighted by Gasteiger charge is -2.21. The summed E-state index contributed by atoms with van der Waals surface area (Å²) in [6.07, 6.45) is 12.9. The molecule has 2 N–H and O–H groups in total. The molecule has 0 spiro atoms. The van der Waals surface area contributed by atoms with Crippen LogP contribution in [-0.2, 0) is 0 Å². The molecule has 0 aliphatic rings. The summed E-state index contributed by atoms with van der Waals surface area (Å²) in [5, 5.41) is 25.4. The molecule has 4 heteroatoms. The Bertz CT molecular complexity index is 552. The predicted octanol–water partition coefficient (Wildman–Crippen LogP) is 5.94. The fourth-order valence-electron chi connectivity index (χ4n) is 3.32. The van der Waals surface area contributed by atoms with Gasteiger partial charge in [-0.25, -0.2) is 0 Å². The first-order valence-corrected chi connectivity index (χ1v) is 11.1. The molecule has 1 aromatic rings. The van der Waals surface area contributed by atoms with Crippen molar-refractivity contribution in [3.63, 3.8) is 0 Å². The van der Waals surface area contributed by atoms with E-state index < -0.39 is 5.92 Å². The summed E-state index contributed by atoms with van der Waals surface area (Å²) < 4.78 is 0. The minimum Gasteiger partial charge on any atom is -0.298 e. The summed E-state index contributed by atoms with van der Waals surface area (Å²) in [4.78, 5) is 0. The molecular weight excluding hydrogens is 344 g/mol. The molecule has 0 aliphatic heterocycles. The Morgan fingerprint density at radius 1 is 0.679 bits per heavy atom. The van der Waals surface area contributed by atoms with Gasteiger partial charge in [-0.1, -0.05) is 89.5 Å². The summed E-state index contributed by atoms with van der Waals surface area (Å²) in [5.41, 5.74) is 1.94. The molecule has 0 unspecified atom stereocenters. The highest BCUT2D eigenvalue weighted by atomic mass is 15.1. The van der Waals surface area contributed by atoms with E-state index in [-0.39, 0.29) is 6.17 Å². The maximum absolute atomic E-state index is 9.07. The Kier molecular flexibility index (Phi) is 13.9. The second-order valence-corrected chi connectivity index (χ2v) is 7.53. The van der Waals surface area contributed by atoms with Gasteiger partial charge in [0.1, 0.15) is 0 Å². The Balaban J connectivity index is 2.58. The third kappa shape index (κ3) is 9.88. The molecule has 154 valence electrons. The Hall–Kier alpha value is -1.88. The first kappa shape index (κ1) is 24.2. The number of nitriles is 2. The maximum atomic E-state index is 9.07. The number of nitrogens with zero attached hydrogens (tertiary/aromatic N) is 2. The van der Waals surface area contributed by atoms with Gasteiger partial charge in [0.05, 0.1) is 18.3 Å². The third-order valence-electron chi connectivity index (χ3n) is 5.12. The molecule has 1 rings (SSSR count). The second kappa shape index (κ2) is 16.1. The highest BCUT2D eigenvalue weighted by Gasteiger charge is 2.13. The average Bonchev–Trinajstić information content (AvgIpc) is 2.73. The zero-order valence-electron chi connectivity index (χ0n) is 17.8. The van der Waals surface area contributed by atoms with Gasteiger partial charge in [0.25, 0.3) is 0 Å². The van der Waals surface area contributed by atoms with Gasteiger partial charge in [0.15, 0.2) is 5.92 Å². The zero-order valence-corrected chi connectivity index (χ0v) is 17.8. The summed E-state index contributed by atoms with van der Waals surface area (Å²) in [5.74, 6) is -0.689. The van der Waals surface area contributed by atoms with Crippen molar-refractivity contribution in [3.8, 4) is 12.1 Å². The SMILES string of the molecule is CCCCCCCNC(NCCCCCCC)c1ccc(C(C#N)C#N)cc1. The van der Waals surface area contributed by atoms with E-state index >= 15 is 0 Å². The quantitative estimate of drug-likeness (QED) is 0.274. The molecule has 0 fully saturated rings. The van der Waals surface area contributed by atoms with Gasteiger partial charge < -0.3 is 0 Å². The summed E-state index contributed by atoms with van der Waals surface area (Å²) in [6.45, 7) is 6.48. The molecule has 0 saturated heterocycles. The minimum absolute atomic E-state index is 0.119. The standard InChI is InChI=1S/C24H38N4/c1-3-5-7-9-11-17-27-24(28-18-12-10-8-6-4-2)22-15-13-21(14-16-22)23(19-25)20-26/h13-16,23-24,27-28H,3-12,17-18H2,1-2H3. The van der Waals surface area contributed by atoms with Crippen LogP contribution >= 0.6 is 0 Å². The lowest BCUT2D eigenvalue weighted by molar-refractivity contribution is 0.421. The van der Waals surface area contributed by atoms with Crippen LogP contribution in [0.2, 0.25) is 0 Å². The van der Waals surface area contributed by atoms with Crippen molar-refractivity contribution in [2.24, 2.45) is 0 Å². The fraction of sp³-hybridized carbons (Fsp3) is 0.667. The summed E-state index contributed by atoms with van der Waals surface area (Å²) in [6, 6.07) is 12.0. The fourth-order valence-corrected chi connectivity index (χ4v) is 3.32. The smallest absolute Gasteiger partial charge is 0.158 e. The van der Waals surface area contributed by atoms with Crippen molar-refractivity contribution >= 4 is 0 Å². The van der Waals surface area contributed by atoms with Crippen LogP contribution in [0.3, 0.4) is 0 Å². The molecule has 0 atom stereocenters. The molecule has 0 radical (unpaired) electrons. The van der Waals surface area contributed by atoms with Gasteiger partial charge >= 0.3 is 0 Å². The zero-order chi connectivity index (χ0) is 20.5. The molecule has 0 amide bonds. The molecule has 28 heavy (non-hydrogen) atoms. The van der Waals surface area contributed by atoms with Crippen LogP contribution in [0.1, 0.15) is 101 Å². The maximum Gasteiger partial charge on any atom is 0.158 e. The van der Waals surface area contributed by atoms with Crippen molar-refractivity contribution in [2.75, 3.05) is 13.1 Å². The van der Waals surface area contributed by atoms with E-state index in [1.54, 1.807) is 0 Å². The first-order chi connectivity index (χ1) is 13.8. The first-order valence-electron chi connectivity index (χ1n) is 11.1. The summed E-state index contributed by atoms with van der Waals surface area (Å²) >= 11 is 0. The number of nitrogens with one attached hydrogen (secondary N) is 2. The molecule has 4 nitrogen and oxygen atoms in total. The summed E-state index contributed by atoms with van der Waals surface area (Å²) in [7, 11) is 0. The van der Waals surface area contributed by atoms with Crippen LogP contribution in [-0.4, -0.2) is 13.1 Å². The van der Waals surface area contributed by atoms with Crippen molar-refractivity contribution in [3.05, 3.63) is 35.4 Å². The van der Waals surface area contributed by atoms with Crippen molar-refractivity contribution < 1.29 is 0 Å². The second-order valence-electron chi connectivity index (χ2n) is 7.53. The molecule has 0 heterocycles. The average molecular weight is 383 g/mol. The Morgan fingerprint density at radius 2 is 1.11 bits per heavy atom. The minimum atomic E-state index is -0.689. The van der Waals surface area contributed by atoms with E-state index in [4.69, 9.17) is 10.5 Å². The van der Waals surface area contributed by atoms with Crippen LogP contribution in [0.15, 0.2) is 24.3 Å². The van der Waals surface area contributed by atoms with Crippen molar-refractivity contribution in [1.29, 1.82) is 10.5 Å². The normalized spacial score (nSPS) is 10.9. The number of hydrogen-bond acceptors (Lipinski definition) is 4. The van der Waals surface area contributed by atoms with E-state index in [0.717, 1.165) is 18.7 Å². The molecule has 0 saturated carbocycles. The lowest BCUT2D eigenvalue weighted by atomic mass is 10.00. The molecular formula is C24H38N4. The number of rotatable bonds is 16. The Morgan fingerprint density at radius 3 is 1.54 bits per heavy atom. The van der Waals surface area contributed by atoms with Gasteiger partial charge in [0, 0.05) is 0 Å². The van der Waals surface area contributed by atoms with Gasteiger partial charge in [-0.05, 0) is 37.1 Å². The van der Waals surface area contributed by atoms with Gasteiger partial charge in [-0.2, -0.15) is 10.5 Å². The lowest BCUT2D eigenvalue weighted by Crippen LogP contribution is -2.35. The number of benzene rings is 1. The highest BCUT2D eigenvalue weighted by Crippen LogP contribution is 2.18. The van der Waals surface area contributed by atoms with E-state index in [2.05, 4.69) is 24.5 Å². The number of hydrogen-bond donors (Lipinski definition) is 2. The monoisotopic (exact) mass is 382 g/mol. The molecule has 0 aliphatic carbocycles. The van der Waals surface area contributed by atoms with Crippen LogP contribution < -0.4 is 10.6 Å². The van der Waals surface area contributed by atoms with E-state index in [1.807, 2.05) is 36.4 Å². The van der Waals surface area contributed by atoms with E-state index in [0.29, 0.717) is 0 Å². The largest absolute Gasteiger partial charge is 0.298 e. The van der Waals surface area contributed by atoms with Crippen LogP contribution in [0, 0.1) is 22.7 Å². The van der Waals surface area contributed by atoms with Gasteiger partial charge in [0.2, 0.25) is 0 Å². The van der Waals surface area contributed by atoms with Crippen molar-refractivity contribution in [1.82, 2.24) is 10.6 Å². The van der Waals surface area contributed by atoms with Crippen LogP contribution in [0.5, 0.6) is 0 Å². The molecule has 0 aromatic heterocycles. The number of unbranched alkanes of at least 4 members (excludes halogenated alkanes) is 8. The van der Waals surface area contributed by atoms with Gasteiger partial charge in [-0.3, -0.25) is 10.6 Å². The van der Waals surface area contributed by atoms with E-state index in [9.17, 15) is 0 Å². The molecule has 0 bridgehead atoms. The van der Waals surface area contributed by atoms with Crippen LogP contribution in [0.4, 0.5) is 0 Å².